The number of esters is 1. The zero-order chi connectivity index (χ0) is 23.8. The number of nitrogens with one attached hydrogen (secondary N) is 2. The lowest BCUT2D eigenvalue weighted by atomic mass is 10.0. The van der Waals surface area contributed by atoms with Crippen LogP contribution in [0.1, 0.15) is 29.8 Å². The van der Waals surface area contributed by atoms with E-state index in [0.29, 0.717) is 11.3 Å². The van der Waals surface area contributed by atoms with Gasteiger partial charge in [0.15, 0.2) is 6.61 Å². The second-order valence-electron chi connectivity index (χ2n) is 8.13. The maximum atomic E-state index is 12.6. The molecule has 0 aliphatic carbocycles. The van der Waals surface area contributed by atoms with Crippen molar-refractivity contribution in [2.75, 3.05) is 11.9 Å². The third-order valence-electron chi connectivity index (χ3n) is 5.12. The summed E-state index contributed by atoms with van der Waals surface area (Å²) in [4.78, 5) is 37.7. The second-order valence-corrected chi connectivity index (χ2v) is 8.13. The lowest BCUT2D eigenvalue weighted by Crippen LogP contribution is -2.46. The summed E-state index contributed by atoms with van der Waals surface area (Å²) in [5, 5.41) is 5.52. The molecular formula is C27H28N2O4. The van der Waals surface area contributed by atoms with Gasteiger partial charge in [-0.3, -0.25) is 9.59 Å². The molecule has 0 unspecified atom stereocenters. The minimum Gasteiger partial charge on any atom is -0.454 e. The van der Waals surface area contributed by atoms with E-state index in [4.69, 9.17) is 4.74 Å². The third-order valence-corrected chi connectivity index (χ3v) is 5.12. The Morgan fingerprint density at radius 3 is 2.27 bits per heavy atom. The molecule has 33 heavy (non-hydrogen) atoms. The average Bonchev–Trinajstić information content (AvgIpc) is 2.81. The van der Waals surface area contributed by atoms with E-state index in [1.807, 2.05) is 61.5 Å². The highest BCUT2D eigenvalue weighted by Gasteiger charge is 2.27. The van der Waals surface area contributed by atoms with Crippen LogP contribution in [0, 0.1) is 12.8 Å². The van der Waals surface area contributed by atoms with E-state index in [1.165, 1.54) is 0 Å². The van der Waals surface area contributed by atoms with Gasteiger partial charge >= 0.3 is 5.97 Å². The minimum atomic E-state index is -0.873. The molecule has 2 amide bonds. The maximum Gasteiger partial charge on any atom is 0.329 e. The summed E-state index contributed by atoms with van der Waals surface area (Å²) < 4.78 is 5.24. The van der Waals surface area contributed by atoms with Crippen molar-refractivity contribution in [1.82, 2.24) is 5.32 Å². The number of carbonyl (C=O) groups is 3. The molecule has 3 aromatic rings. The first-order valence-corrected chi connectivity index (χ1v) is 10.8. The van der Waals surface area contributed by atoms with E-state index >= 15 is 0 Å². The summed E-state index contributed by atoms with van der Waals surface area (Å²) >= 11 is 0. The smallest absolute Gasteiger partial charge is 0.329 e. The van der Waals surface area contributed by atoms with Gasteiger partial charge in [0.2, 0.25) is 0 Å². The summed E-state index contributed by atoms with van der Waals surface area (Å²) in [5.74, 6) is -1.69. The molecule has 0 bridgehead atoms. The van der Waals surface area contributed by atoms with Crippen LogP contribution >= 0.6 is 0 Å². The molecule has 170 valence electrons. The second kappa shape index (κ2) is 11.1. The predicted octanol–water partition coefficient (Wildman–Crippen LogP) is 4.60. The van der Waals surface area contributed by atoms with Gasteiger partial charge in [-0.2, -0.15) is 0 Å². The van der Waals surface area contributed by atoms with Crippen molar-refractivity contribution in [3.8, 4) is 11.1 Å². The quantitative estimate of drug-likeness (QED) is 0.498. The lowest BCUT2D eigenvalue weighted by Gasteiger charge is -2.21. The van der Waals surface area contributed by atoms with Gasteiger partial charge in [-0.25, -0.2) is 4.79 Å². The van der Waals surface area contributed by atoms with Gasteiger partial charge in [-0.15, -0.1) is 0 Å². The fourth-order valence-electron chi connectivity index (χ4n) is 3.38. The normalized spacial score (nSPS) is 11.5. The summed E-state index contributed by atoms with van der Waals surface area (Å²) in [5.41, 5.74) is 3.85. The van der Waals surface area contributed by atoms with Crippen LogP contribution < -0.4 is 10.6 Å². The molecule has 0 spiro atoms. The van der Waals surface area contributed by atoms with Crippen LogP contribution in [-0.4, -0.2) is 30.4 Å². The topological polar surface area (TPSA) is 84.5 Å². The Morgan fingerprint density at radius 2 is 1.58 bits per heavy atom. The maximum absolute atomic E-state index is 12.6. The van der Waals surface area contributed by atoms with Crippen LogP contribution in [0.5, 0.6) is 0 Å². The number of para-hydroxylation sites is 1. The minimum absolute atomic E-state index is 0.215. The van der Waals surface area contributed by atoms with Crippen LogP contribution in [0.4, 0.5) is 5.69 Å². The van der Waals surface area contributed by atoms with Crippen molar-refractivity contribution < 1.29 is 19.1 Å². The lowest BCUT2D eigenvalue weighted by molar-refractivity contribution is -0.150. The molecular weight excluding hydrogens is 416 g/mol. The first-order valence-electron chi connectivity index (χ1n) is 10.8. The van der Waals surface area contributed by atoms with Crippen molar-refractivity contribution in [2.45, 2.75) is 26.8 Å². The summed E-state index contributed by atoms with van der Waals surface area (Å²) in [6, 6.07) is 23.3. The largest absolute Gasteiger partial charge is 0.454 e. The Bertz CT molecular complexity index is 1130. The Kier molecular flexibility index (Phi) is 7.97. The van der Waals surface area contributed by atoms with Crippen LogP contribution in [0.25, 0.3) is 11.1 Å². The van der Waals surface area contributed by atoms with Crippen LogP contribution in [0.2, 0.25) is 0 Å². The molecule has 3 aromatic carbocycles. The first kappa shape index (κ1) is 23.7. The number of hydrogen-bond acceptors (Lipinski definition) is 4. The highest BCUT2D eigenvalue weighted by molar-refractivity contribution is 5.99. The SMILES string of the molecule is Cc1cccc(C(=O)N[C@H](C(=O)OCC(=O)Nc2ccccc2-c2ccccc2)C(C)C)c1. The molecule has 0 heterocycles. The summed E-state index contributed by atoms with van der Waals surface area (Å²) in [6.45, 7) is 5.04. The number of ether oxygens (including phenoxy) is 1. The molecule has 6 heteroatoms. The Morgan fingerprint density at radius 1 is 0.879 bits per heavy atom. The Labute approximate surface area is 194 Å². The highest BCUT2D eigenvalue weighted by atomic mass is 16.5. The number of rotatable bonds is 8. The molecule has 0 aliphatic rings. The number of aryl methyl sites for hydroxylation is 1. The third kappa shape index (κ3) is 6.53. The van der Waals surface area contributed by atoms with E-state index in [9.17, 15) is 14.4 Å². The molecule has 3 rings (SSSR count). The van der Waals surface area contributed by atoms with Gasteiger partial charge < -0.3 is 15.4 Å². The Hall–Kier alpha value is -3.93. The van der Waals surface area contributed by atoms with E-state index in [-0.39, 0.29) is 11.8 Å². The fourth-order valence-corrected chi connectivity index (χ4v) is 3.38. The molecule has 6 nitrogen and oxygen atoms in total. The predicted molar refractivity (Wildman–Crippen MR) is 129 cm³/mol. The average molecular weight is 445 g/mol. The zero-order valence-electron chi connectivity index (χ0n) is 19.0. The molecule has 0 aromatic heterocycles. The van der Waals surface area contributed by atoms with Crippen molar-refractivity contribution in [2.24, 2.45) is 5.92 Å². The van der Waals surface area contributed by atoms with Gasteiger partial charge in [0.1, 0.15) is 6.04 Å². The molecule has 0 saturated heterocycles. The molecule has 0 aliphatic heterocycles. The molecule has 0 fully saturated rings. The van der Waals surface area contributed by atoms with E-state index in [0.717, 1.165) is 16.7 Å². The van der Waals surface area contributed by atoms with Gasteiger partial charge in [0.05, 0.1) is 0 Å². The van der Waals surface area contributed by atoms with Crippen molar-refractivity contribution in [3.05, 3.63) is 90.0 Å². The monoisotopic (exact) mass is 444 g/mol. The van der Waals surface area contributed by atoms with Crippen molar-refractivity contribution in [3.63, 3.8) is 0 Å². The van der Waals surface area contributed by atoms with Crippen molar-refractivity contribution in [1.29, 1.82) is 0 Å². The van der Waals surface area contributed by atoms with Crippen LogP contribution in [0.15, 0.2) is 78.9 Å². The number of amides is 2. The Balaban J connectivity index is 1.61. The molecule has 0 radical (unpaired) electrons. The fraction of sp³-hybridized carbons (Fsp3) is 0.222. The van der Waals surface area contributed by atoms with E-state index in [2.05, 4.69) is 10.6 Å². The number of carbonyl (C=O) groups excluding carboxylic acids is 3. The molecule has 0 saturated carbocycles. The first-order chi connectivity index (χ1) is 15.8. The van der Waals surface area contributed by atoms with Gasteiger partial charge in [0.25, 0.3) is 11.8 Å². The van der Waals surface area contributed by atoms with Crippen molar-refractivity contribution >= 4 is 23.5 Å². The summed E-state index contributed by atoms with van der Waals surface area (Å²) in [7, 11) is 0. The molecule has 1 atom stereocenters. The van der Waals surface area contributed by atoms with Crippen LogP contribution in [0.3, 0.4) is 0 Å². The summed E-state index contributed by atoms with van der Waals surface area (Å²) in [6.07, 6.45) is 0. The highest BCUT2D eigenvalue weighted by Crippen LogP contribution is 2.27. The number of anilines is 1. The molecule has 2 N–H and O–H groups in total. The van der Waals surface area contributed by atoms with Gasteiger partial charge in [0, 0.05) is 16.8 Å². The number of benzene rings is 3. The van der Waals surface area contributed by atoms with Gasteiger partial charge in [-0.1, -0.05) is 80.1 Å². The van der Waals surface area contributed by atoms with Crippen LogP contribution in [-0.2, 0) is 14.3 Å². The van der Waals surface area contributed by atoms with E-state index < -0.39 is 24.5 Å². The van der Waals surface area contributed by atoms with Gasteiger partial charge in [-0.05, 0) is 36.6 Å². The number of hydrogen-bond donors (Lipinski definition) is 2. The van der Waals surface area contributed by atoms with E-state index in [1.54, 1.807) is 38.1 Å². The standard InChI is InChI=1S/C27H28N2O4/c1-18(2)25(29-26(31)21-13-9-10-19(3)16-21)27(32)33-17-24(30)28-23-15-8-7-14-22(23)20-11-5-4-6-12-20/h4-16,18,25H,17H2,1-3H3,(H,28,30)(H,29,31)/t25-/m0/s1. The zero-order valence-corrected chi connectivity index (χ0v) is 19.0.